The number of benzene rings is 2. The summed E-state index contributed by atoms with van der Waals surface area (Å²) < 4.78 is 5.10. The monoisotopic (exact) mass is 324 g/mol. The number of ether oxygens (including phenoxy) is 1. The summed E-state index contributed by atoms with van der Waals surface area (Å²) in [6.45, 7) is 0.511. The Kier molecular flexibility index (Phi) is 4.79. The number of amides is 2. The molecule has 5 heteroatoms. The van der Waals surface area contributed by atoms with Crippen molar-refractivity contribution < 1.29 is 14.3 Å². The number of rotatable bonds is 5. The Labute approximate surface area is 141 Å². The normalized spacial score (nSPS) is 17.0. The molecule has 1 N–H and O–H groups in total. The van der Waals surface area contributed by atoms with Crippen molar-refractivity contribution in [1.29, 1.82) is 0 Å². The number of carbonyl (C=O) groups is 2. The first kappa shape index (κ1) is 16.1. The summed E-state index contributed by atoms with van der Waals surface area (Å²) in [4.78, 5) is 26.1. The van der Waals surface area contributed by atoms with Crippen molar-refractivity contribution in [2.75, 3.05) is 18.6 Å². The first-order valence-corrected chi connectivity index (χ1v) is 7.93. The van der Waals surface area contributed by atoms with Gasteiger partial charge in [0.25, 0.3) is 0 Å². The van der Waals surface area contributed by atoms with E-state index in [0.717, 1.165) is 17.0 Å². The molecule has 2 amide bonds. The molecule has 124 valence electrons. The van der Waals surface area contributed by atoms with Gasteiger partial charge < -0.3 is 15.0 Å². The third-order valence-corrected chi connectivity index (χ3v) is 4.08. The molecule has 2 aromatic carbocycles. The molecule has 2 aromatic rings. The zero-order valence-electron chi connectivity index (χ0n) is 13.6. The van der Waals surface area contributed by atoms with Crippen LogP contribution in [0.15, 0.2) is 54.6 Å². The van der Waals surface area contributed by atoms with Gasteiger partial charge in [0.15, 0.2) is 0 Å². The van der Waals surface area contributed by atoms with E-state index in [-0.39, 0.29) is 17.9 Å². The molecule has 1 heterocycles. The average molecular weight is 324 g/mol. The van der Waals surface area contributed by atoms with Crippen molar-refractivity contribution in [3.63, 3.8) is 0 Å². The largest absolute Gasteiger partial charge is 0.497 e. The van der Waals surface area contributed by atoms with E-state index in [1.165, 1.54) is 0 Å². The van der Waals surface area contributed by atoms with E-state index in [1.807, 2.05) is 54.6 Å². The van der Waals surface area contributed by atoms with E-state index >= 15 is 0 Å². The van der Waals surface area contributed by atoms with E-state index in [4.69, 9.17) is 4.74 Å². The Morgan fingerprint density at radius 2 is 1.88 bits per heavy atom. The summed E-state index contributed by atoms with van der Waals surface area (Å²) in [6.07, 6.45) is 0.628. The lowest BCUT2D eigenvalue weighted by atomic mass is 10.1. The van der Waals surface area contributed by atoms with Crippen molar-refractivity contribution in [3.8, 4) is 5.75 Å². The zero-order chi connectivity index (χ0) is 16.9. The third kappa shape index (κ3) is 3.74. The van der Waals surface area contributed by atoms with Crippen LogP contribution >= 0.6 is 0 Å². The molecule has 0 spiro atoms. The molecule has 1 fully saturated rings. The molecule has 0 radical (unpaired) electrons. The Balaban J connectivity index is 1.56. The minimum Gasteiger partial charge on any atom is -0.497 e. The van der Waals surface area contributed by atoms with Crippen LogP contribution in [0.2, 0.25) is 0 Å². The molecule has 1 atom stereocenters. The number of nitrogens with zero attached hydrogens (tertiary/aromatic N) is 1. The standard InChI is InChI=1S/C19H20N2O3/c1-24-17-9-7-14(8-10-17)11-18(22)20-15-12-19(23)21(13-15)16-5-3-2-4-6-16/h2-10,15H,11-13H2,1H3,(H,20,22)/t15-/m1/s1. The van der Waals surface area contributed by atoms with Crippen LogP contribution in [0.4, 0.5) is 5.69 Å². The number of hydrogen-bond acceptors (Lipinski definition) is 3. The van der Waals surface area contributed by atoms with Gasteiger partial charge in [-0.3, -0.25) is 9.59 Å². The second-order valence-electron chi connectivity index (χ2n) is 5.83. The topological polar surface area (TPSA) is 58.6 Å². The minimum absolute atomic E-state index is 0.0379. The van der Waals surface area contributed by atoms with Crippen LogP contribution in [-0.2, 0) is 16.0 Å². The molecule has 1 aliphatic rings. The molecule has 0 aliphatic carbocycles. The van der Waals surface area contributed by atoms with Gasteiger partial charge in [-0.1, -0.05) is 30.3 Å². The van der Waals surface area contributed by atoms with Crippen molar-refractivity contribution in [1.82, 2.24) is 5.32 Å². The summed E-state index contributed by atoms with van der Waals surface area (Å²) in [5.41, 5.74) is 1.78. The maximum atomic E-state index is 12.2. The van der Waals surface area contributed by atoms with Crippen LogP contribution in [0.25, 0.3) is 0 Å². The maximum Gasteiger partial charge on any atom is 0.229 e. The fourth-order valence-corrected chi connectivity index (χ4v) is 2.87. The first-order valence-electron chi connectivity index (χ1n) is 7.93. The average Bonchev–Trinajstić information content (AvgIpc) is 2.96. The van der Waals surface area contributed by atoms with E-state index in [1.54, 1.807) is 12.0 Å². The molecule has 1 aliphatic heterocycles. The van der Waals surface area contributed by atoms with Crippen LogP contribution in [0, 0.1) is 0 Å². The Morgan fingerprint density at radius 3 is 2.54 bits per heavy atom. The number of para-hydroxylation sites is 1. The highest BCUT2D eigenvalue weighted by Crippen LogP contribution is 2.21. The van der Waals surface area contributed by atoms with Crippen LogP contribution in [0.3, 0.4) is 0 Å². The second-order valence-corrected chi connectivity index (χ2v) is 5.83. The first-order chi connectivity index (χ1) is 11.7. The summed E-state index contributed by atoms with van der Waals surface area (Å²) in [7, 11) is 1.61. The molecule has 3 rings (SSSR count). The maximum absolute atomic E-state index is 12.2. The fraction of sp³-hybridized carbons (Fsp3) is 0.263. The van der Waals surface area contributed by atoms with E-state index < -0.39 is 0 Å². The predicted octanol–water partition coefficient (Wildman–Crippen LogP) is 2.16. The lowest BCUT2D eigenvalue weighted by molar-refractivity contribution is -0.121. The van der Waals surface area contributed by atoms with Crippen molar-refractivity contribution in [2.24, 2.45) is 0 Å². The highest BCUT2D eigenvalue weighted by molar-refractivity contribution is 5.96. The van der Waals surface area contributed by atoms with Gasteiger partial charge in [-0.15, -0.1) is 0 Å². The number of hydrogen-bond donors (Lipinski definition) is 1. The number of nitrogens with one attached hydrogen (secondary N) is 1. The minimum atomic E-state index is -0.150. The van der Waals surface area contributed by atoms with Crippen LogP contribution in [-0.4, -0.2) is 31.5 Å². The molecule has 0 aromatic heterocycles. The van der Waals surface area contributed by atoms with Crippen LogP contribution in [0.5, 0.6) is 5.75 Å². The molecule has 0 bridgehead atoms. The van der Waals surface area contributed by atoms with Crippen LogP contribution < -0.4 is 15.0 Å². The van der Waals surface area contributed by atoms with E-state index in [9.17, 15) is 9.59 Å². The molecular weight excluding hydrogens is 304 g/mol. The lowest BCUT2D eigenvalue weighted by Gasteiger charge is -2.17. The lowest BCUT2D eigenvalue weighted by Crippen LogP contribution is -2.38. The summed E-state index contributed by atoms with van der Waals surface area (Å²) in [5.74, 6) is 0.725. The number of methoxy groups -OCH3 is 1. The Hall–Kier alpha value is -2.82. The van der Waals surface area contributed by atoms with Crippen molar-refractivity contribution >= 4 is 17.5 Å². The van der Waals surface area contributed by atoms with Crippen LogP contribution in [0.1, 0.15) is 12.0 Å². The highest BCUT2D eigenvalue weighted by Gasteiger charge is 2.31. The van der Waals surface area contributed by atoms with E-state index in [2.05, 4.69) is 5.32 Å². The van der Waals surface area contributed by atoms with Crippen molar-refractivity contribution in [2.45, 2.75) is 18.9 Å². The molecular formula is C19H20N2O3. The highest BCUT2D eigenvalue weighted by atomic mass is 16.5. The van der Waals surface area contributed by atoms with E-state index in [0.29, 0.717) is 19.4 Å². The summed E-state index contributed by atoms with van der Waals surface area (Å²) >= 11 is 0. The number of carbonyl (C=O) groups excluding carboxylic acids is 2. The van der Waals surface area contributed by atoms with Gasteiger partial charge in [0, 0.05) is 18.7 Å². The smallest absolute Gasteiger partial charge is 0.229 e. The van der Waals surface area contributed by atoms with Gasteiger partial charge >= 0.3 is 0 Å². The van der Waals surface area contributed by atoms with Gasteiger partial charge in [-0.2, -0.15) is 0 Å². The van der Waals surface area contributed by atoms with Gasteiger partial charge in [0.1, 0.15) is 5.75 Å². The van der Waals surface area contributed by atoms with Gasteiger partial charge in [-0.25, -0.2) is 0 Å². The molecule has 0 unspecified atom stereocenters. The Morgan fingerprint density at radius 1 is 1.17 bits per heavy atom. The molecule has 24 heavy (non-hydrogen) atoms. The third-order valence-electron chi connectivity index (χ3n) is 4.08. The zero-order valence-corrected chi connectivity index (χ0v) is 13.6. The SMILES string of the molecule is COc1ccc(CC(=O)N[C@@H]2CC(=O)N(c3ccccc3)C2)cc1. The summed E-state index contributed by atoms with van der Waals surface area (Å²) in [5, 5.41) is 2.95. The van der Waals surface area contributed by atoms with Crippen molar-refractivity contribution in [3.05, 3.63) is 60.2 Å². The molecule has 0 saturated carbocycles. The molecule has 1 saturated heterocycles. The second kappa shape index (κ2) is 7.17. The Bertz CT molecular complexity index is 713. The number of anilines is 1. The van der Waals surface area contributed by atoms with Gasteiger partial charge in [0.2, 0.25) is 11.8 Å². The van der Waals surface area contributed by atoms with Gasteiger partial charge in [0.05, 0.1) is 19.6 Å². The predicted molar refractivity (Wildman–Crippen MR) is 92.0 cm³/mol. The fourth-order valence-electron chi connectivity index (χ4n) is 2.87. The quantitative estimate of drug-likeness (QED) is 0.917. The van der Waals surface area contributed by atoms with Gasteiger partial charge in [-0.05, 0) is 29.8 Å². The molecule has 5 nitrogen and oxygen atoms in total. The summed E-state index contributed by atoms with van der Waals surface area (Å²) in [6, 6.07) is 16.8.